The number of esters is 1. The molecule has 128 valence electrons. The average molecular weight is 334 g/mol. The van der Waals surface area contributed by atoms with Crippen molar-refractivity contribution in [2.45, 2.75) is 44.7 Å². The number of rotatable bonds is 1. The minimum atomic E-state index is -2.21. The first-order valence-corrected chi connectivity index (χ1v) is 7.54. The minimum Gasteiger partial charge on any atom is -0.508 e. The number of carbonyl (C=O) groups is 3. The molecule has 3 rings (SSSR count). The molecule has 0 bridgehead atoms. The van der Waals surface area contributed by atoms with Crippen molar-refractivity contribution in [3.05, 3.63) is 29.3 Å². The van der Waals surface area contributed by atoms with E-state index in [-0.39, 0.29) is 30.7 Å². The third-order valence-electron chi connectivity index (χ3n) is 4.21. The molecule has 1 atom stereocenters. The van der Waals surface area contributed by atoms with Gasteiger partial charge in [-0.05, 0) is 26.0 Å². The summed E-state index contributed by atoms with van der Waals surface area (Å²) in [5.41, 5.74) is -2.95. The first kappa shape index (κ1) is 16.3. The highest BCUT2D eigenvalue weighted by molar-refractivity contribution is 6.02. The summed E-state index contributed by atoms with van der Waals surface area (Å²) in [5.74, 6) is -2.09. The third-order valence-corrected chi connectivity index (χ3v) is 4.21. The van der Waals surface area contributed by atoms with E-state index in [9.17, 15) is 24.6 Å². The van der Waals surface area contributed by atoms with Crippen LogP contribution >= 0.6 is 0 Å². The average Bonchev–Trinajstić information content (AvgIpc) is 2.82. The zero-order chi connectivity index (χ0) is 17.7. The lowest BCUT2D eigenvalue weighted by Gasteiger charge is -2.40. The summed E-state index contributed by atoms with van der Waals surface area (Å²) in [6, 6.07) is 4.45. The van der Waals surface area contributed by atoms with Crippen LogP contribution in [0.25, 0.3) is 0 Å². The molecule has 1 unspecified atom stereocenters. The minimum absolute atomic E-state index is 0.0852. The summed E-state index contributed by atoms with van der Waals surface area (Å²) in [6.07, 6.45) is -0.520. The van der Waals surface area contributed by atoms with E-state index in [1.54, 1.807) is 0 Å². The van der Waals surface area contributed by atoms with Gasteiger partial charge in [-0.25, -0.2) is 0 Å². The lowest BCUT2D eigenvalue weighted by Crippen LogP contribution is -2.64. The number of aromatic hydroxyl groups is 1. The molecule has 1 aromatic rings. The first-order chi connectivity index (χ1) is 11.1. The summed E-state index contributed by atoms with van der Waals surface area (Å²) in [6.45, 7) is 2.82. The van der Waals surface area contributed by atoms with Crippen LogP contribution in [0.3, 0.4) is 0 Å². The lowest BCUT2D eigenvalue weighted by molar-refractivity contribution is -0.184. The Bertz CT molecular complexity index is 744. The van der Waals surface area contributed by atoms with Gasteiger partial charge in [-0.1, -0.05) is 6.07 Å². The molecular weight excluding hydrogens is 316 g/mol. The van der Waals surface area contributed by atoms with Gasteiger partial charge in [0.15, 0.2) is 5.72 Å². The maximum absolute atomic E-state index is 12.6. The molecule has 2 aliphatic rings. The summed E-state index contributed by atoms with van der Waals surface area (Å²) in [7, 11) is 0. The molecule has 0 saturated carbocycles. The molecule has 2 heterocycles. The Kier molecular flexibility index (Phi) is 3.52. The second-order valence-electron chi connectivity index (χ2n) is 6.45. The third kappa shape index (κ3) is 2.48. The zero-order valence-corrected chi connectivity index (χ0v) is 13.3. The van der Waals surface area contributed by atoms with Crippen LogP contribution in [0.5, 0.6) is 5.75 Å². The largest absolute Gasteiger partial charge is 0.508 e. The summed E-state index contributed by atoms with van der Waals surface area (Å²) in [4.78, 5) is 37.9. The molecule has 8 heteroatoms. The molecule has 1 saturated heterocycles. The molecule has 0 spiro atoms. The maximum Gasteiger partial charge on any atom is 0.308 e. The number of phenolic OH excluding ortho intramolecular Hbond substituents is 1. The van der Waals surface area contributed by atoms with Gasteiger partial charge in [0.1, 0.15) is 5.75 Å². The van der Waals surface area contributed by atoms with Gasteiger partial charge in [-0.15, -0.1) is 0 Å². The van der Waals surface area contributed by atoms with E-state index in [1.807, 2.05) is 0 Å². The Labute approximate surface area is 138 Å². The number of benzene rings is 1. The van der Waals surface area contributed by atoms with Gasteiger partial charge in [-0.2, -0.15) is 0 Å². The number of hydrogen-bond donors (Lipinski definition) is 3. The molecule has 2 aliphatic heterocycles. The number of fused-ring (bicyclic) bond motifs is 1. The predicted octanol–water partition coefficient (Wildman–Crippen LogP) is 0.226. The van der Waals surface area contributed by atoms with Crippen molar-refractivity contribution in [1.82, 2.24) is 10.2 Å². The van der Waals surface area contributed by atoms with E-state index < -0.39 is 29.2 Å². The number of aliphatic hydroxyl groups is 1. The van der Waals surface area contributed by atoms with E-state index in [1.165, 1.54) is 32.0 Å². The molecule has 8 nitrogen and oxygen atoms in total. The molecule has 1 fully saturated rings. The van der Waals surface area contributed by atoms with Crippen molar-refractivity contribution in [2.75, 3.05) is 0 Å². The molecule has 0 radical (unpaired) electrons. The van der Waals surface area contributed by atoms with Crippen LogP contribution in [-0.2, 0) is 20.9 Å². The fourth-order valence-corrected chi connectivity index (χ4v) is 3.00. The number of hydrogen-bond acceptors (Lipinski definition) is 6. The van der Waals surface area contributed by atoms with E-state index in [4.69, 9.17) is 4.74 Å². The number of phenols is 1. The van der Waals surface area contributed by atoms with Gasteiger partial charge >= 0.3 is 5.97 Å². The summed E-state index contributed by atoms with van der Waals surface area (Å²) < 4.78 is 5.09. The molecule has 0 aliphatic carbocycles. The van der Waals surface area contributed by atoms with Gasteiger partial charge in [0.05, 0.1) is 13.0 Å². The molecule has 2 amide bonds. The fourth-order valence-electron chi connectivity index (χ4n) is 3.00. The van der Waals surface area contributed by atoms with E-state index >= 15 is 0 Å². The first-order valence-electron chi connectivity index (χ1n) is 7.54. The van der Waals surface area contributed by atoms with Crippen LogP contribution in [0.15, 0.2) is 18.2 Å². The van der Waals surface area contributed by atoms with Crippen LogP contribution in [0, 0.1) is 0 Å². The molecular formula is C16H18N2O6. The van der Waals surface area contributed by atoms with Crippen LogP contribution in [-0.4, -0.2) is 44.3 Å². The molecule has 3 N–H and O–H groups in total. The quantitative estimate of drug-likeness (QED) is 0.633. The van der Waals surface area contributed by atoms with Crippen LogP contribution in [0.4, 0.5) is 0 Å². The molecule has 1 aromatic carbocycles. The van der Waals surface area contributed by atoms with E-state index in [0.29, 0.717) is 5.56 Å². The number of ether oxygens (including phenoxy) is 1. The highest BCUT2D eigenvalue weighted by Gasteiger charge is 2.51. The standard InChI is InChI=1S/C16H18N2O6/c1-15(2)17-14(22)16(23,7-6-12(20)24-15)18-8-10-9(13(18)21)4-3-5-11(10)19/h3-5,19,23H,6-8H2,1-2H3,(H,17,22). The second kappa shape index (κ2) is 5.20. The van der Waals surface area contributed by atoms with E-state index in [2.05, 4.69) is 5.32 Å². The van der Waals surface area contributed by atoms with Crippen molar-refractivity contribution in [3.63, 3.8) is 0 Å². The maximum atomic E-state index is 12.6. The van der Waals surface area contributed by atoms with Crippen molar-refractivity contribution < 1.29 is 29.3 Å². The zero-order valence-electron chi connectivity index (χ0n) is 13.3. The number of nitrogens with zero attached hydrogens (tertiary/aromatic N) is 1. The fraction of sp³-hybridized carbons (Fsp3) is 0.438. The Hall–Kier alpha value is -2.61. The smallest absolute Gasteiger partial charge is 0.308 e. The predicted molar refractivity (Wildman–Crippen MR) is 80.5 cm³/mol. The Balaban J connectivity index is 1.98. The second-order valence-corrected chi connectivity index (χ2v) is 6.45. The van der Waals surface area contributed by atoms with Crippen molar-refractivity contribution >= 4 is 17.8 Å². The number of carbonyl (C=O) groups excluding carboxylic acids is 3. The Morgan fingerprint density at radius 2 is 1.96 bits per heavy atom. The lowest BCUT2D eigenvalue weighted by atomic mass is 10.0. The Morgan fingerprint density at radius 3 is 2.62 bits per heavy atom. The van der Waals surface area contributed by atoms with Crippen LogP contribution < -0.4 is 5.32 Å². The van der Waals surface area contributed by atoms with Gasteiger partial charge in [0, 0.05) is 17.5 Å². The van der Waals surface area contributed by atoms with Crippen molar-refractivity contribution in [1.29, 1.82) is 0 Å². The topological polar surface area (TPSA) is 116 Å². The van der Waals surface area contributed by atoms with Gasteiger partial charge in [-0.3, -0.25) is 19.3 Å². The van der Waals surface area contributed by atoms with Crippen molar-refractivity contribution in [2.24, 2.45) is 0 Å². The normalized spacial score (nSPS) is 26.3. The molecule has 0 aromatic heterocycles. The SMILES string of the molecule is CC1(C)NC(=O)C(O)(N2Cc3c(O)cccc3C2=O)CCC(=O)O1. The highest BCUT2D eigenvalue weighted by atomic mass is 16.6. The van der Waals surface area contributed by atoms with Gasteiger partial charge in [0.25, 0.3) is 11.8 Å². The number of amides is 2. The van der Waals surface area contributed by atoms with Crippen LogP contribution in [0.2, 0.25) is 0 Å². The van der Waals surface area contributed by atoms with Crippen LogP contribution in [0.1, 0.15) is 42.6 Å². The molecule has 24 heavy (non-hydrogen) atoms. The Morgan fingerprint density at radius 1 is 1.25 bits per heavy atom. The summed E-state index contributed by atoms with van der Waals surface area (Å²) >= 11 is 0. The van der Waals surface area contributed by atoms with E-state index in [0.717, 1.165) is 4.90 Å². The number of nitrogens with one attached hydrogen (secondary N) is 1. The highest BCUT2D eigenvalue weighted by Crippen LogP contribution is 2.36. The van der Waals surface area contributed by atoms with Gasteiger partial charge < -0.3 is 20.3 Å². The number of cyclic esters (lactones) is 1. The monoisotopic (exact) mass is 334 g/mol. The summed E-state index contributed by atoms with van der Waals surface area (Å²) in [5, 5.41) is 23.3. The van der Waals surface area contributed by atoms with Crippen molar-refractivity contribution in [3.8, 4) is 5.75 Å². The van der Waals surface area contributed by atoms with Gasteiger partial charge in [0.2, 0.25) is 5.72 Å².